The van der Waals surface area contributed by atoms with Gasteiger partial charge >= 0.3 is 0 Å². The maximum atomic E-state index is 11.8. The molecule has 0 N–H and O–H groups in total. The second-order valence-corrected chi connectivity index (χ2v) is 5.04. The van der Waals surface area contributed by atoms with Crippen LogP contribution in [0.3, 0.4) is 0 Å². The van der Waals surface area contributed by atoms with Gasteiger partial charge in [0, 0.05) is 24.7 Å². The van der Waals surface area contributed by atoms with Crippen LogP contribution in [0.25, 0.3) is 0 Å². The van der Waals surface area contributed by atoms with E-state index in [-0.39, 0.29) is 38.0 Å². The average molecular weight is 242 g/mol. The van der Waals surface area contributed by atoms with Crippen molar-refractivity contribution in [1.29, 1.82) is 0 Å². The SMILES string of the molecule is C=C[C@H]1[C@H](P=O)CC(=O)[C@@H]1CC1OCCO1. The van der Waals surface area contributed by atoms with Crippen molar-refractivity contribution in [3.8, 4) is 0 Å². The van der Waals surface area contributed by atoms with Gasteiger partial charge in [0.25, 0.3) is 0 Å². The van der Waals surface area contributed by atoms with Gasteiger partial charge in [-0.1, -0.05) is 6.08 Å². The van der Waals surface area contributed by atoms with Gasteiger partial charge in [-0.3, -0.25) is 9.36 Å². The first-order valence-corrected chi connectivity index (χ1v) is 6.35. The van der Waals surface area contributed by atoms with Crippen LogP contribution in [0, 0.1) is 11.8 Å². The minimum Gasteiger partial charge on any atom is -0.350 e. The molecule has 1 aliphatic heterocycles. The first-order valence-electron chi connectivity index (χ1n) is 5.47. The molecule has 2 aliphatic rings. The third-order valence-corrected chi connectivity index (χ3v) is 4.08. The van der Waals surface area contributed by atoms with E-state index in [1.54, 1.807) is 6.08 Å². The molecular formula is C11H15O4P. The average Bonchev–Trinajstić information content (AvgIpc) is 2.88. The molecule has 1 aliphatic carbocycles. The van der Waals surface area contributed by atoms with Crippen LogP contribution < -0.4 is 0 Å². The molecule has 5 heteroatoms. The lowest BCUT2D eigenvalue weighted by atomic mass is 9.92. The molecule has 16 heavy (non-hydrogen) atoms. The third-order valence-electron chi connectivity index (χ3n) is 3.28. The van der Waals surface area contributed by atoms with E-state index >= 15 is 0 Å². The lowest BCUT2D eigenvalue weighted by molar-refractivity contribution is -0.125. The van der Waals surface area contributed by atoms with E-state index in [0.29, 0.717) is 26.1 Å². The highest BCUT2D eigenvalue weighted by atomic mass is 31.1. The van der Waals surface area contributed by atoms with Crippen LogP contribution in [0.15, 0.2) is 12.7 Å². The van der Waals surface area contributed by atoms with Crippen LogP contribution in [-0.2, 0) is 18.8 Å². The number of ketones is 1. The summed E-state index contributed by atoms with van der Waals surface area (Å²) in [7, 11) is 0.0336. The molecule has 0 radical (unpaired) electrons. The highest BCUT2D eigenvalue weighted by Crippen LogP contribution is 2.40. The fourth-order valence-corrected chi connectivity index (χ4v) is 3.17. The lowest BCUT2D eigenvalue weighted by Crippen LogP contribution is -2.22. The summed E-state index contributed by atoms with van der Waals surface area (Å²) in [5, 5.41) is 0. The maximum Gasteiger partial charge on any atom is 0.159 e. The normalized spacial score (nSPS) is 36.0. The Morgan fingerprint density at radius 1 is 1.44 bits per heavy atom. The summed E-state index contributed by atoms with van der Waals surface area (Å²) >= 11 is 0. The molecule has 0 unspecified atom stereocenters. The summed E-state index contributed by atoms with van der Waals surface area (Å²) in [4.78, 5) is 11.8. The van der Waals surface area contributed by atoms with Gasteiger partial charge in [0.05, 0.1) is 18.9 Å². The number of carbonyl (C=O) groups is 1. The monoisotopic (exact) mass is 242 g/mol. The third kappa shape index (κ3) is 2.24. The summed E-state index contributed by atoms with van der Waals surface area (Å²) in [6.45, 7) is 4.90. The summed E-state index contributed by atoms with van der Waals surface area (Å²) in [6, 6.07) is 0. The molecule has 0 aromatic heterocycles. The molecular weight excluding hydrogens is 227 g/mol. The Labute approximate surface area is 96.2 Å². The molecule has 3 atom stereocenters. The van der Waals surface area contributed by atoms with Gasteiger partial charge in [-0.15, -0.1) is 6.58 Å². The van der Waals surface area contributed by atoms with Crippen molar-refractivity contribution in [3.05, 3.63) is 12.7 Å². The standard InChI is InChI=1S/C11H15O4P/c1-2-7-8(5-11-14-3-4-15-11)9(12)6-10(7)16-13/h2,7-8,10-11H,1,3-6H2/t7-,8-,10-/m1/s1. The minimum atomic E-state index is -0.279. The van der Waals surface area contributed by atoms with Crippen molar-refractivity contribution in [2.24, 2.45) is 11.8 Å². The largest absolute Gasteiger partial charge is 0.350 e. The van der Waals surface area contributed by atoms with Gasteiger partial charge < -0.3 is 9.47 Å². The molecule has 88 valence electrons. The topological polar surface area (TPSA) is 52.6 Å². The number of ether oxygens (including phenoxy) is 2. The second-order valence-electron chi connectivity index (χ2n) is 4.17. The first kappa shape index (κ1) is 11.9. The number of hydrogen-bond donors (Lipinski definition) is 0. The van der Waals surface area contributed by atoms with Crippen LogP contribution in [0.4, 0.5) is 0 Å². The molecule has 0 aromatic rings. The number of allylic oxidation sites excluding steroid dienone is 1. The van der Waals surface area contributed by atoms with Crippen LogP contribution in [0.5, 0.6) is 0 Å². The van der Waals surface area contributed by atoms with Crippen molar-refractivity contribution < 1.29 is 18.8 Å². The van der Waals surface area contributed by atoms with Gasteiger partial charge in [0.1, 0.15) is 5.78 Å². The van der Waals surface area contributed by atoms with Crippen LogP contribution in [0.2, 0.25) is 0 Å². The van der Waals surface area contributed by atoms with Crippen LogP contribution in [0.1, 0.15) is 12.8 Å². The Bertz CT molecular complexity index is 298. The predicted octanol–water partition coefficient (Wildman–Crippen LogP) is 1.80. The van der Waals surface area contributed by atoms with Crippen LogP contribution >= 0.6 is 8.46 Å². The molecule has 2 fully saturated rings. The Hall–Kier alpha value is -0.570. The van der Waals surface area contributed by atoms with Crippen molar-refractivity contribution in [3.63, 3.8) is 0 Å². The van der Waals surface area contributed by atoms with E-state index in [2.05, 4.69) is 6.58 Å². The quantitative estimate of drug-likeness (QED) is 0.557. The number of carbonyl (C=O) groups excluding carboxylic acids is 1. The van der Waals surface area contributed by atoms with E-state index in [4.69, 9.17) is 9.47 Å². The Morgan fingerprint density at radius 3 is 2.69 bits per heavy atom. The van der Waals surface area contributed by atoms with E-state index in [1.165, 1.54) is 0 Å². The molecule has 1 saturated carbocycles. The molecule has 0 aromatic carbocycles. The van der Waals surface area contributed by atoms with Gasteiger partial charge in [0.15, 0.2) is 14.8 Å². The maximum absolute atomic E-state index is 11.8. The van der Waals surface area contributed by atoms with Crippen molar-refractivity contribution in [2.45, 2.75) is 24.8 Å². The van der Waals surface area contributed by atoms with E-state index in [9.17, 15) is 9.36 Å². The van der Waals surface area contributed by atoms with Crippen molar-refractivity contribution in [1.82, 2.24) is 0 Å². The highest BCUT2D eigenvalue weighted by Gasteiger charge is 2.42. The van der Waals surface area contributed by atoms with E-state index in [1.807, 2.05) is 0 Å². The Balaban J connectivity index is 2.03. The molecule has 1 saturated heterocycles. The smallest absolute Gasteiger partial charge is 0.159 e. The highest BCUT2D eigenvalue weighted by molar-refractivity contribution is 7.24. The van der Waals surface area contributed by atoms with Gasteiger partial charge in [-0.2, -0.15) is 0 Å². The number of rotatable bonds is 4. The second kappa shape index (κ2) is 5.17. The fraction of sp³-hybridized carbons (Fsp3) is 0.727. The Morgan fingerprint density at radius 2 is 2.12 bits per heavy atom. The molecule has 1 heterocycles. The molecule has 0 spiro atoms. The van der Waals surface area contributed by atoms with Gasteiger partial charge in [-0.05, 0) is 0 Å². The van der Waals surface area contributed by atoms with E-state index < -0.39 is 0 Å². The summed E-state index contributed by atoms with van der Waals surface area (Å²) < 4.78 is 21.6. The summed E-state index contributed by atoms with van der Waals surface area (Å²) in [6.07, 6.45) is 2.39. The Kier molecular flexibility index (Phi) is 3.85. The predicted molar refractivity (Wildman–Crippen MR) is 58.5 cm³/mol. The molecule has 2 rings (SSSR count). The number of hydrogen-bond acceptors (Lipinski definition) is 4. The zero-order valence-electron chi connectivity index (χ0n) is 9.00. The van der Waals surface area contributed by atoms with Crippen molar-refractivity contribution in [2.75, 3.05) is 13.2 Å². The summed E-state index contributed by atoms with van der Waals surface area (Å²) in [5.74, 6) is -0.0103. The van der Waals surface area contributed by atoms with Gasteiger partial charge in [-0.25, -0.2) is 0 Å². The minimum absolute atomic E-state index is 0.0144. The van der Waals surface area contributed by atoms with E-state index in [0.717, 1.165) is 0 Å². The molecule has 4 nitrogen and oxygen atoms in total. The first-order chi connectivity index (χ1) is 7.76. The lowest BCUT2D eigenvalue weighted by Gasteiger charge is -2.19. The summed E-state index contributed by atoms with van der Waals surface area (Å²) in [5.41, 5.74) is -0.114. The van der Waals surface area contributed by atoms with Gasteiger partial charge in [0.2, 0.25) is 0 Å². The number of Topliss-reactive ketones (excluding diaryl/α,β-unsaturated/α-hetero) is 1. The fourth-order valence-electron chi connectivity index (χ4n) is 2.44. The van der Waals surface area contributed by atoms with Crippen LogP contribution in [-0.4, -0.2) is 30.9 Å². The van der Waals surface area contributed by atoms with Crippen molar-refractivity contribution >= 4 is 14.2 Å². The zero-order chi connectivity index (χ0) is 11.5. The zero-order valence-corrected chi connectivity index (χ0v) is 9.90. The molecule has 0 amide bonds. The molecule has 0 bridgehead atoms.